The van der Waals surface area contributed by atoms with Crippen LogP contribution in [0.1, 0.15) is 15.2 Å². The molecule has 2 aromatic rings. The van der Waals surface area contributed by atoms with Crippen LogP contribution in [0.5, 0.6) is 0 Å². The molecule has 10 heteroatoms. The van der Waals surface area contributed by atoms with Crippen molar-refractivity contribution < 1.29 is 22.7 Å². The van der Waals surface area contributed by atoms with Crippen LogP contribution in [0, 0.1) is 0 Å². The Balaban J connectivity index is 2.22. The molecule has 0 atom stereocenters. The van der Waals surface area contributed by atoms with E-state index in [0.29, 0.717) is 16.4 Å². The van der Waals surface area contributed by atoms with E-state index in [-0.39, 0.29) is 37.1 Å². The average molecular weight is 461 g/mol. The minimum absolute atomic E-state index is 0.0584. The number of hydrogen-bond donors (Lipinski definition) is 0. The van der Waals surface area contributed by atoms with Gasteiger partial charge in [-0.1, -0.05) is 17.7 Å². The number of sulfonamides is 1. The zero-order chi connectivity index (χ0) is 21.4. The highest BCUT2D eigenvalue weighted by atomic mass is 35.5. The third-order valence-electron chi connectivity index (χ3n) is 4.18. The van der Waals surface area contributed by atoms with Crippen molar-refractivity contribution >= 4 is 38.9 Å². The van der Waals surface area contributed by atoms with Gasteiger partial charge in [0.05, 0.1) is 29.0 Å². The van der Waals surface area contributed by atoms with Crippen molar-refractivity contribution in [3.05, 3.63) is 51.2 Å². The summed E-state index contributed by atoms with van der Waals surface area (Å²) in [7, 11) is 0.894. The Kier molecular flexibility index (Phi) is 9.06. The van der Waals surface area contributed by atoms with Crippen LogP contribution in [0.3, 0.4) is 0 Å². The van der Waals surface area contributed by atoms with Gasteiger partial charge in [-0.15, -0.1) is 11.3 Å². The van der Waals surface area contributed by atoms with Crippen LogP contribution in [0.4, 0.5) is 0 Å². The van der Waals surface area contributed by atoms with E-state index < -0.39 is 10.0 Å². The largest absolute Gasteiger partial charge is 0.383 e. The lowest BCUT2D eigenvalue weighted by Crippen LogP contribution is -2.36. The molecule has 0 bridgehead atoms. The third-order valence-corrected chi connectivity index (χ3v) is 7.29. The molecule has 160 valence electrons. The zero-order valence-corrected chi connectivity index (χ0v) is 19.0. The predicted octanol–water partition coefficient (Wildman–Crippen LogP) is 2.96. The summed E-state index contributed by atoms with van der Waals surface area (Å²) >= 11 is 7.34. The molecule has 0 aliphatic carbocycles. The molecule has 1 heterocycles. The molecule has 1 amide bonds. The predicted molar refractivity (Wildman–Crippen MR) is 114 cm³/mol. The highest BCUT2D eigenvalue weighted by Gasteiger charge is 2.25. The smallest absolute Gasteiger partial charge is 0.253 e. The number of carbonyl (C=O) groups is 1. The molecule has 0 fully saturated rings. The number of amides is 1. The maximum atomic E-state index is 13.1. The number of carbonyl (C=O) groups excluding carboxylic acids is 1. The number of methoxy groups -OCH3 is 2. The molecule has 0 N–H and O–H groups in total. The molecule has 29 heavy (non-hydrogen) atoms. The Bertz CT molecular complexity index is 909. The number of nitrogens with zero attached hydrogens (tertiary/aromatic N) is 2. The first-order valence-corrected chi connectivity index (χ1v) is 11.5. The van der Waals surface area contributed by atoms with Gasteiger partial charge in [0.1, 0.15) is 0 Å². The van der Waals surface area contributed by atoms with Crippen molar-refractivity contribution in [3.63, 3.8) is 0 Å². The van der Waals surface area contributed by atoms with E-state index in [9.17, 15) is 13.2 Å². The van der Waals surface area contributed by atoms with Gasteiger partial charge in [0.15, 0.2) is 0 Å². The molecular formula is C19H25ClN2O5S2. The molecule has 0 radical (unpaired) electrons. The summed E-state index contributed by atoms with van der Waals surface area (Å²) in [5.41, 5.74) is 0.301. The van der Waals surface area contributed by atoms with E-state index in [0.717, 1.165) is 4.88 Å². The quantitative estimate of drug-likeness (QED) is 0.515. The minimum atomic E-state index is -3.80. The van der Waals surface area contributed by atoms with Gasteiger partial charge in [0, 0.05) is 44.8 Å². The van der Waals surface area contributed by atoms with Crippen molar-refractivity contribution in [2.75, 3.05) is 47.6 Å². The maximum Gasteiger partial charge on any atom is 0.253 e. The molecular weight excluding hydrogens is 436 g/mol. The fourth-order valence-electron chi connectivity index (χ4n) is 2.64. The fraction of sp³-hybridized carbons (Fsp3) is 0.421. The summed E-state index contributed by atoms with van der Waals surface area (Å²) in [6, 6.07) is 9.71. The van der Waals surface area contributed by atoms with Gasteiger partial charge in [0.2, 0.25) is 10.0 Å². The van der Waals surface area contributed by atoms with Gasteiger partial charge in [-0.2, -0.15) is 4.31 Å². The molecule has 0 saturated heterocycles. The summed E-state index contributed by atoms with van der Waals surface area (Å²) in [5, 5.41) is 0. The van der Waals surface area contributed by atoms with Gasteiger partial charge in [-0.05, 0) is 30.3 Å². The molecule has 0 saturated carbocycles. The number of ether oxygens (including phenoxy) is 2. The summed E-state index contributed by atoms with van der Waals surface area (Å²) in [4.78, 5) is 15.3. The fourth-order valence-corrected chi connectivity index (χ4v) is 5.24. The molecule has 0 aliphatic rings. The molecule has 2 rings (SSSR count). The Morgan fingerprint density at radius 1 is 1.10 bits per heavy atom. The molecule has 0 unspecified atom stereocenters. The Morgan fingerprint density at radius 3 is 2.31 bits per heavy atom. The van der Waals surface area contributed by atoms with Crippen LogP contribution in [-0.4, -0.2) is 71.1 Å². The summed E-state index contributed by atoms with van der Waals surface area (Å²) in [6.07, 6.45) is 0. The Hall–Kier alpha value is -1.49. The van der Waals surface area contributed by atoms with E-state index in [1.165, 1.54) is 46.9 Å². The number of thiophene rings is 1. The van der Waals surface area contributed by atoms with Crippen molar-refractivity contribution in [2.24, 2.45) is 0 Å². The normalized spacial score (nSPS) is 11.8. The number of hydrogen-bond acceptors (Lipinski definition) is 6. The van der Waals surface area contributed by atoms with E-state index in [1.54, 1.807) is 25.2 Å². The van der Waals surface area contributed by atoms with Crippen molar-refractivity contribution in [3.8, 4) is 0 Å². The van der Waals surface area contributed by atoms with Crippen LogP contribution >= 0.6 is 22.9 Å². The van der Waals surface area contributed by atoms with Crippen LogP contribution in [-0.2, 0) is 26.0 Å². The van der Waals surface area contributed by atoms with Gasteiger partial charge in [-0.25, -0.2) is 8.42 Å². The van der Waals surface area contributed by atoms with Gasteiger partial charge >= 0.3 is 0 Å². The average Bonchev–Trinajstić information content (AvgIpc) is 3.11. The number of benzene rings is 1. The van der Waals surface area contributed by atoms with Crippen LogP contribution in [0.25, 0.3) is 0 Å². The monoisotopic (exact) mass is 460 g/mol. The Morgan fingerprint density at radius 2 is 1.76 bits per heavy atom. The van der Waals surface area contributed by atoms with Crippen molar-refractivity contribution in [1.29, 1.82) is 0 Å². The lowest BCUT2D eigenvalue weighted by molar-refractivity contribution is 0.0786. The van der Waals surface area contributed by atoms with Crippen LogP contribution in [0.15, 0.2) is 41.3 Å². The van der Waals surface area contributed by atoms with Crippen molar-refractivity contribution in [2.45, 2.75) is 11.4 Å². The van der Waals surface area contributed by atoms with Crippen LogP contribution < -0.4 is 0 Å². The first-order chi connectivity index (χ1) is 13.8. The van der Waals surface area contributed by atoms with E-state index in [2.05, 4.69) is 0 Å². The maximum absolute atomic E-state index is 13.1. The second kappa shape index (κ2) is 11.1. The lowest BCUT2D eigenvalue weighted by atomic mass is 10.2. The van der Waals surface area contributed by atoms with E-state index >= 15 is 0 Å². The van der Waals surface area contributed by atoms with Crippen LogP contribution in [0.2, 0.25) is 4.34 Å². The minimum Gasteiger partial charge on any atom is -0.383 e. The molecule has 1 aromatic carbocycles. The molecule has 0 spiro atoms. The van der Waals surface area contributed by atoms with Gasteiger partial charge < -0.3 is 14.4 Å². The van der Waals surface area contributed by atoms with Gasteiger partial charge in [0.25, 0.3) is 5.91 Å². The zero-order valence-electron chi connectivity index (χ0n) is 16.6. The summed E-state index contributed by atoms with van der Waals surface area (Å²) < 4.78 is 38.1. The summed E-state index contributed by atoms with van der Waals surface area (Å²) in [6.45, 7) is 1.29. The topological polar surface area (TPSA) is 76.1 Å². The second-order valence-corrected chi connectivity index (χ2v) is 10.0. The first-order valence-electron chi connectivity index (χ1n) is 8.87. The van der Waals surface area contributed by atoms with Gasteiger partial charge in [-0.3, -0.25) is 4.79 Å². The Labute approximate surface area is 180 Å². The standard InChI is InChI=1S/C19H25ClN2O5S2/c1-21(14-16-7-8-18(20)28-16)19(23)15-5-4-6-17(13-15)29(24,25)22(9-11-26-2)10-12-27-3/h4-8,13H,9-12,14H2,1-3H3. The number of halogens is 1. The number of rotatable bonds is 11. The first kappa shape index (κ1) is 23.8. The van der Waals surface area contributed by atoms with E-state index in [4.69, 9.17) is 21.1 Å². The molecule has 7 nitrogen and oxygen atoms in total. The highest BCUT2D eigenvalue weighted by Crippen LogP contribution is 2.23. The second-order valence-electron chi connectivity index (χ2n) is 6.28. The molecule has 0 aliphatic heterocycles. The third kappa shape index (κ3) is 6.50. The van der Waals surface area contributed by atoms with Crippen molar-refractivity contribution in [1.82, 2.24) is 9.21 Å². The highest BCUT2D eigenvalue weighted by molar-refractivity contribution is 7.89. The van der Waals surface area contributed by atoms with E-state index in [1.807, 2.05) is 6.07 Å². The SMILES string of the molecule is COCCN(CCOC)S(=O)(=O)c1cccc(C(=O)N(C)Cc2ccc(Cl)s2)c1. The lowest BCUT2D eigenvalue weighted by Gasteiger charge is -2.22. The summed E-state index contributed by atoms with van der Waals surface area (Å²) in [5.74, 6) is -0.271. The molecule has 1 aromatic heterocycles.